The van der Waals surface area contributed by atoms with Gasteiger partial charge < -0.3 is 10.3 Å². The quantitative estimate of drug-likeness (QED) is 0.856. The van der Waals surface area contributed by atoms with Crippen molar-refractivity contribution < 1.29 is 9.63 Å². The molecule has 0 unspecified atom stereocenters. The van der Waals surface area contributed by atoms with Crippen molar-refractivity contribution in [3.63, 3.8) is 0 Å². The van der Waals surface area contributed by atoms with Crippen LogP contribution in [0.1, 0.15) is 42.1 Å². The number of H-pyrrole nitrogens is 1. The summed E-state index contributed by atoms with van der Waals surface area (Å²) >= 11 is 0. The number of fused-ring (bicyclic) bond motifs is 1. The molecule has 0 aliphatic carbocycles. The molecule has 1 saturated heterocycles. The van der Waals surface area contributed by atoms with Gasteiger partial charge in [0.15, 0.2) is 0 Å². The lowest BCUT2D eigenvalue weighted by molar-refractivity contribution is -0.130. The summed E-state index contributed by atoms with van der Waals surface area (Å²) in [5.41, 5.74) is 6.11. The minimum Gasteiger partial charge on any atom is -0.358 e. The first-order chi connectivity index (χ1) is 11.6. The Morgan fingerprint density at radius 3 is 2.92 bits per heavy atom. The van der Waals surface area contributed by atoms with Crippen molar-refractivity contribution in [1.82, 2.24) is 15.4 Å². The molecule has 1 aliphatic heterocycles. The van der Waals surface area contributed by atoms with Gasteiger partial charge in [-0.3, -0.25) is 9.63 Å². The maximum Gasteiger partial charge on any atom is 0.221 e. The summed E-state index contributed by atoms with van der Waals surface area (Å²) in [5.74, 6) is 0.0687. The monoisotopic (exact) mass is 329 g/mol. The van der Waals surface area contributed by atoms with E-state index in [1.807, 2.05) is 5.06 Å². The molecule has 5 heteroatoms. The van der Waals surface area contributed by atoms with E-state index in [-0.39, 0.29) is 5.91 Å². The van der Waals surface area contributed by atoms with Crippen molar-refractivity contribution in [3.05, 3.63) is 34.5 Å². The highest BCUT2D eigenvalue weighted by Crippen LogP contribution is 2.26. The van der Waals surface area contributed by atoms with Crippen molar-refractivity contribution in [2.24, 2.45) is 0 Å². The minimum atomic E-state index is 0.0687. The zero-order chi connectivity index (χ0) is 17.1. The van der Waals surface area contributed by atoms with Crippen molar-refractivity contribution in [2.45, 2.75) is 46.6 Å². The van der Waals surface area contributed by atoms with Crippen LogP contribution in [0.15, 0.2) is 12.1 Å². The fourth-order valence-electron chi connectivity index (χ4n) is 3.39. The number of aromatic amines is 1. The molecular formula is C19H27N3O2. The van der Waals surface area contributed by atoms with Crippen LogP contribution >= 0.6 is 0 Å². The second-order valence-corrected chi connectivity index (χ2v) is 6.57. The lowest BCUT2D eigenvalue weighted by atomic mass is 10.0. The Bertz CT molecular complexity index is 730. The largest absolute Gasteiger partial charge is 0.358 e. The number of nitrogens with zero attached hydrogens (tertiary/aromatic N) is 1. The topological polar surface area (TPSA) is 57.4 Å². The highest BCUT2D eigenvalue weighted by Gasteiger charge is 2.15. The lowest BCUT2D eigenvalue weighted by Crippen LogP contribution is -2.28. The van der Waals surface area contributed by atoms with Crippen LogP contribution in [0.5, 0.6) is 0 Å². The fraction of sp³-hybridized carbons (Fsp3) is 0.526. The molecule has 2 heterocycles. The van der Waals surface area contributed by atoms with Gasteiger partial charge in [0, 0.05) is 37.1 Å². The third kappa shape index (κ3) is 3.62. The Kier molecular flexibility index (Phi) is 5.21. The number of hydrogen-bond acceptors (Lipinski definition) is 3. The van der Waals surface area contributed by atoms with Crippen molar-refractivity contribution >= 4 is 16.8 Å². The van der Waals surface area contributed by atoms with Crippen LogP contribution in [0.2, 0.25) is 0 Å². The first-order valence-electron chi connectivity index (χ1n) is 8.83. The number of benzene rings is 1. The minimum absolute atomic E-state index is 0.0687. The first kappa shape index (κ1) is 17.0. The van der Waals surface area contributed by atoms with Gasteiger partial charge >= 0.3 is 0 Å². The molecule has 1 aromatic heterocycles. The molecule has 2 N–H and O–H groups in total. The predicted molar refractivity (Wildman–Crippen MR) is 95.8 cm³/mol. The molecule has 1 fully saturated rings. The zero-order valence-electron chi connectivity index (χ0n) is 14.9. The molecule has 5 nitrogen and oxygen atoms in total. The first-order valence-corrected chi connectivity index (χ1v) is 8.83. The number of carbonyl (C=O) groups excluding carboxylic acids is 1. The molecule has 0 spiro atoms. The predicted octanol–water partition coefficient (Wildman–Crippen LogP) is 2.99. The Hall–Kier alpha value is -1.85. The van der Waals surface area contributed by atoms with Crippen LogP contribution in [-0.2, 0) is 22.6 Å². The molecule has 1 aromatic carbocycles. The summed E-state index contributed by atoms with van der Waals surface area (Å²) in [6, 6.07) is 4.37. The summed E-state index contributed by atoms with van der Waals surface area (Å²) in [5, 5.41) is 6.19. The number of hydrogen-bond donors (Lipinski definition) is 2. The molecular weight excluding hydrogens is 302 g/mol. The molecule has 3 rings (SSSR count). The Morgan fingerprint density at radius 1 is 1.38 bits per heavy atom. The number of aromatic nitrogens is 1. The number of aryl methyl sites for hydroxylation is 3. The number of carbonyl (C=O) groups is 1. The van der Waals surface area contributed by atoms with E-state index in [9.17, 15) is 4.79 Å². The standard InChI is InChI=1S/C19H27N3O2/c1-4-17-14(3)16-11-13(2)10-15(19(16)21-17)12-20-18(23)6-8-22-7-5-9-24-22/h10-11,21H,4-9,12H2,1-3H3,(H,20,23). The summed E-state index contributed by atoms with van der Waals surface area (Å²) in [6.45, 7) is 9.34. The second kappa shape index (κ2) is 7.36. The summed E-state index contributed by atoms with van der Waals surface area (Å²) in [7, 11) is 0. The van der Waals surface area contributed by atoms with E-state index in [1.165, 1.54) is 22.2 Å². The van der Waals surface area contributed by atoms with E-state index in [0.717, 1.165) is 37.1 Å². The van der Waals surface area contributed by atoms with E-state index in [1.54, 1.807) is 0 Å². The highest BCUT2D eigenvalue weighted by atomic mass is 16.7. The van der Waals surface area contributed by atoms with Gasteiger partial charge in [-0.25, -0.2) is 0 Å². The van der Waals surface area contributed by atoms with Gasteiger partial charge in [0.05, 0.1) is 12.1 Å². The molecule has 0 saturated carbocycles. The molecule has 24 heavy (non-hydrogen) atoms. The zero-order valence-corrected chi connectivity index (χ0v) is 14.9. The van der Waals surface area contributed by atoms with Gasteiger partial charge in [-0.1, -0.05) is 18.6 Å². The average molecular weight is 329 g/mol. The van der Waals surface area contributed by atoms with E-state index < -0.39 is 0 Å². The van der Waals surface area contributed by atoms with Crippen LogP contribution in [0.25, 0.3) is 10.9 Å². The van der Waals surface area contributed by atoms with Gasteiger partial charge in [0.25, 0.3) is 0 Å². The molecule has 0 bridgehead atoms. The van der Waals surface area contributed by atoms with Crippen molar-refractivity contribution in [3.8, 4) is 0 Å². The number of hydroxylamine groups is 2. The molecule has 0 radical (unpaired) electrons. The summed E-state index contributed by atoms with van der Waals surface area (Å²) in [6.07, 6.45) is 2.51. The van der Waals surface area contributed by atoms with Crippen molar-refractivity contribution in [2.75, 3.05) is 19.7 Å². The maximum atomic E-state index is 12.1. The number of nitrogens with one attached hydrogen (secondary N) is 2. The van der Waals surface area contributed by atoms with Gasteiger partial charge in [-0.05, 0) is 43.9 Å². The Morgan fingerprint density at radius 2 is 2.21 bits per heavy atom. The molecule has 1 amide bonds. The van der Waals surface area contributed by atoms with E-state index in [2.05, 4.69) is 43.2 Å². The van der Waals surface area contributed by atoms with Crippen LogP contribution < -0.4 is 5.32 Å². The Labute approximate surface area is 143 Å². The molecule has 1 aliphatic rings. The molecule has 0 atom stereocenters. The third-order valence-electron chi connectivity index (χ3n) is 4.74. The van der Waals surface area contributed by atoms with E-state index in [4.69, 9.17) is 4.84 Å². The van der Waals surface area contributed by atoms with Crippen molar-refractivity contribution in [1.29, 1.82) is 0 Å². The van der Waals surface area contributed by atoms with Gasteiger partial charge in [-0.15, -0.1) is 0 Å². The Balaban J connectivity index is 1.66. The van der Waals surface area contributed by atoms with Crippen LogP contribution in [0.3, 0.4) is 0 Å². The maximum absolute atomic E-state index is 12.1. The normalized spacial score (nSPS) is 15.3. The number of rotatable bonds is 6. The van der Waals surface area contributed by atoms with Crippen LogP contribution in [0.4, 0.5) is 0 Å². The summed E-state index contributed by atoms with van der Waals surface area (Å²) < 4.78 is 0. The lowest BCUT2D eigenvalue weighted by Gasteiger charge is -2.13. The van der Waals surface area contributed by atoms with E-state index >= 15 is 0 Å². The van der Waals surface area contributed by atoms with Gasteiger partial charge in [0.1, 0.15) is 0 Å². The summed E-state index contributed by atoms with van der Waals surface area (Å²) in [4.78, 5) is 21.1. The van der Waals surface area contributed by atoms with E-state index in [0.29, 0.717) is 19.5 Å². The van der Waals surface area contributed by atoms with Crippen LogP contribution in [0, 0.1) is 13.8 Å². The smallest absolute Gasteiger partial charge is 0.221 e. The SMILES string of the molecule is CCc1[nH]c2c(CNC(=O)CCN3CCCO3)cc(C)cc2c1C. The highest BCUT2D eigenvalue weighted by molar-refractivity contribution is 5.88. The van der Waals surface area contributed by atoms with Gasteiger partial charge in [0.2, 0.25) is 5.91 Å². The molecule has 130 valence electrons. The second-order valence-electron chi connectivity index (χ2n) is 6.57. The van der Waals surface area contributed by atoms with Crippen LogP contribution in [-0.4, -0.2) is 35.7 Å². The third-order valence-corrected chi connectivity index (χ3v) is 4.74. The average Bonchev–Trinajstić information content (AvgIpc) is 3.19. The molecule has 2 aromatic rings. The number of amides is 1. The fourth-order valence-corrected chi connectivity index (χ4v) is 3.39. The van der Waals surface area contributed by atoms with Gasteiger partial charge in [-0.2, -0.15) is 5.06 Å².